The summed E-state index contributed by atoms with van der Waals surface area (Å²) in [6.07, 6.45) is 3.48. The van der Waals surface area contributed by atoms with Crippen molar-refractivity contribution in [3.8, 4) is 5.75 Å². The van der Waals surface area contributed by atoms with Gasteiger partial charge < -0.3 is 9.84 Å². The number of rotatable bonds is 4. The third kappa shape index (κ3) is 2.87. The minimum atomic E-state index is -0.536. The van der Waals surface area contributed by atoms with E-state index < -0.39 is 6.10 Å². The molecule has 2 aromatic rings. The molecule has 0 bridgehead atoms. The molecule has 0 aliphatic carbocycles. The Kier molecular flexibility index (Phi) is 3.95. The molecule has 0 fully saturated rings. The fraction of sp³-hybridized carbons (Fsp3) is 0.267. The second kappa shape index (κ2) is 5.65. The molecule has 0 saturated heterocycles. The van der Waals surface area contributed by atoms with Crippen molar-refractivity contribution in [3.05, 3.63) is 59.4 Å². The number of ether oxygens (including phenoxy) is 1. The topological polar surface area (TPSA) is 42.4 Å². The van der Waals surface area contributed by atoms with E-state index >= 15 is 0 Å². The Bertz CT molecular complexity index is 525. The summed E-state index contributed by atoms with van der Waals surface area (Å²) < 4.78 is 5.17. The van der Waals surface area contributed by atoms with Crippen LogP contribution in [0.15, 0.2) is 42.7 Å². The van der Waals surface area contributed by atoms with Gasteiger partial charge in [-0.2, -0.15) is 0 Å². The first-order chi connectivity index (χ1) is 8.70. The molecule has 3 nitrogen and oxygen atoms in total. The Morgan fingerprint density at radius 1 is 1.33 bits per heavy atom. The first kappa shape index (κ1) is 12.6. The van der Waals surface area contributed by atoms with E-state index in [4.69, 9.17) is 4.74 Å². The zero-order valence-electron chi connectivity index (χ0n) is 10.6. The van der Waals surface area contributed by atoms with Crippen LogP contribution in [0.25, 0.3) is 0 Å². The van der Waals surface area contributed by atoms with Crippen LogP contribution in [-0.2, 0) is 6.42 Å². The van der Waals surface area contributed by atoms with Gasteiger partial charge in [-0.25, -0.2) is 0 Å². The average molecular weight is 243 g/mol. The van der Waals surface area contributed by atoms with Crippen molar-refractivity contribution in [2.24, 2.45) is 0 Å². The molecular formula is C15H17NO2. The Morgan fingerprint density at radius 3 is 2.89 bits per heavy atom. The van der Waals surface area contributed by atoms with Crippen LogP contribution in [0, 0.1) is 6.92 Å². The summed E-state index contributed by atoms with van der Waals surface area (Å²) >= 11 is 0. The first-order valence-electron chi connectivity index (χ1n) is 5.92. The highest BCUT2D eigenvalue weighted by Crippen LogP contribution is 2.22. The number of aliphatic hydroxyl groups excluding tert-OH is 1. The van der Waals surface area contributed by atoms with Crippen molar-refractivity contribution in [2.75, 3.05) is 7.11 Å². The number of pyridine rings is 1. The number of aryl methyl sites for hydroxylation is 1. The lowest BCUT2D eigenvalue weighted by Gasteiger charge is -2.13. The van der Waals surface area contributed by atoms with Crippen LogP contribution >= 0.6 is 0 Å². The lowest BCUT2D eigenvalue weighted by atomic mass is 9.99. The lowest BCUT2D eigenvalue weighted by Crippen LogP contribution is -2.04. The van der Waals surface area contributed by atoms with E-state index in [9.17, 15) is 5.11 Å². The maximum Gasteiger partial charge on any atom is 0.119 e. The number of hydrogen-bond donors (Lipinski definition) is 1. The summed E-state index contributed by atoms with van der Waals surface area (Å²) in [6.45, 7) is 1.98. The summed E-state index contributed by atoms with van der Waals surface area (Å²) in [7, 11) is 1.64. The molecular weight excluding hydrogens is 226 g/mol. The molecule has 1 aromatic heterocycles. The Balaban J connectivity index is 2.16. The second-order valence-electron chi connectivity index (χ2n) is 4.30. The minimum absolute atomic E-state index is 0.536. The standard InChI is InChI=1S/C15H17NO2/c1-11-6-7-16-10-14(11)15(17)9-12-4-3-5-13(8-12)18-2/h3-8,10,15,17H,9H2,1-2H3. The zero-order chi connectivity index (χ0) is 13.0. The Morgan fingerprint density at radius 2 is 2.17 bits per heavy atom. The van der Waals surface area contributed by atoms with E-state index in [1.807, 2.05) is 37.3 Å². The largest absolute Gasteiger partial charge is 0.497 e. The van der Waals surface area contributed by atoms with Crippen LogP contribution in [0.5, 0.6) is 5.75 Å². The summed E-state index contributed by atoms with van der Waals surface area (Å²) in [5.41, 5.74) is 2.98. The SMILES string of the molecule is COc1cccc(CC(O)c2cnccc2C)c1. The van der Waals surface area contributed by atoms with Gasteiger partial charge in [-0.3, -0.25) is 4.98 Å². The number of aliphatic hydroxyl groups is 1. The summed E-state index contributed by atoms with van der Waals surface area (Å²) in [6, 6.07) is 9.65. The molecule has 0 spiro atoms. The monoisotopic (exact) mass is 243 g/mol. The van der Waals surface area contributed by atoms with E-state index in [-0.39, 0.29) is 0 Å². The molecule has 3 heteroatoms. The van der Waals surface area contributed by atoms with E-state index in [0.29, 0.717) is 6.42 Å². The van der Waals surface area contributed by atoms with E-state index in [0.717, 1.165) is 22.4 Å². The van der Waals surface area contributed by atoms with E-state index in [1.165, 1.54) is 0 Å². The van der Waals surface area contributed by atoms with Crippen molar-refractivity contribution in [3.63, 3.8) is 0 Å². The van der Waals surface area contributed by atoms with Gasteiger partial charge in [0.2, 0.25) is 0 Å². The van der Waals surface area contributed by atoms with Gasteiger partial charge >= 0.3 is 0 Å². The third-order valence-corrected chi connectivity index (χ3v) is 3.00. The van der Waals surface area contributed by atoms with Crippen LogP contribution in [0.1, 0.15) is 22.8 Å². The van der Waals surface area contributed by atoms with Gasteiger partial charge in [-0.1, -0.05) is 12.1 Å². The zero-order valence-corrected chi connectivity index (χ0v) is 10.6. The number of hydrogen-bond acceptors (Lipinski definition) is 3. The van der Waals surface area contributed by atoms with Gasteiger partial charge in [-0.15, -0.1) is 0 Å². The Labute approximate surface area is 107 Å². The smallest absolute Gasteiger partial charge is 0.119 e. The minimum Gasteiger partial charge on any atom is -0.497 e. The molecule has 2 rings (SSSR count). The lowest BCUT2D eigenvalue weighted by molar-refractivity contribution is 0.177. The van der Waals surface area contributed by atoms with Gasteiger partial charge in [0.05, 0.1) is 13.2 Å². The quantitative estimate of drug-likeness (QED) is 0.897. The first-order valence-corrected chi connectivity index (χ1v) is 5.92. The van der Waals surface area contributed by atoms with E-state index in [2.05, 4.69) is 4.98 Å². The second-order valence-corrected chi connectivity index (χ2v) is 4.30. The molecule has 0 amide bonds. The number of methoxy groups -OCH3 is 1. The molecule has 1 N–H and O–H groups in total. The van der Waals surface area contributed by atoms with E-state index in [1.54, 1.807) is 19.5 Å². The molecule has 0 aliphatic heterocycles. The number of aromatic nitrogens is 1. The van der Waals surface area contributed by atoms with Crippen LogP contribution in [0.3, 0.4) is 0 Å². The van der Waals surface area contributed by atoms with Crippen LogP contribution in [0.2, 0.25) is 0 Å². The van der Waals surface area contributed by atoms with Crippen molar-refractivity contribution >= 4 is 0 Å². The molecule has 18 heavy (non-hydrogen) atoms. The third-order valence-electron chi connectivity index (χ3n) is 3.00. The number of benzene rings is 1. The maximum atomic E-state index is 10.2. The summed E-state index contributed by atoms with van der Waals surface area (Å²) in [5.74, 6) is 0.808. The van der Waals surface area contributed by atoms with Gasteiger partial charge in [0, 0.05) is 24.4 Å². The highest BCUT2D eigenvalue weighted by molar-refractivity contribution is 5.31. The fourth-order valence-corrected chi connectivity index (χ4v) is 1.96. The van der Waals surface area contributed by atoms with Crippen molar-refractivity contribution in [1.29, 1.82) is 0 Å². The highest BCUT2D eigenvalue weighted by Gasteiger charge is 2.11. The molecule has 1 unspecified atom stereocenters. The molecule has 0 aliphatic rings. The van der Waals surface area contributed by atoms with Gasteiger partial charge in [0.1, 0.15) is 5.75 Å². The molecule has 1 aromatic carbocycles. The normalized spacial score (nSPS) is 12.2. The van der Waals surface area contributed by atoms with Gasteiger partial charge in [0.15, 0.2) is 0 Å². The van der Waals surface area contributed by atoms with Crippen LogP contribution in [-0.4, -0.2) is 17.2 Å². The molecule has 0 radical (unpaired) electrons. The van der Waals surface area contributed by atoms with Gasteiger partial charge in [0.25, 0.3) is 0 Å². The number of nitrogens with zero attached hydrogens (tertiary/aromatic N) is 1. The van der Waals surface area contributed by atoms with Crippen LogP contribution in [0.4, 0.5) is 0 Å². The Hall–Kier alpha value is -1.87. The van der Waals surface area contributed by atoms with Gasteiger partial charge in [-0.05, 0) is 36.2 Å². The predicted molar refractivity (Wildman–Crippen MR) is 70.6 cm³/mol. The fourth-order valence-electron chi connectivity index (χ4n) is 1.96. The van der Waals surface area contributed by atoms with Crippen molar-refractivity contribution < 1.29 is 9.84 Å². The summed E-state index contributed by atoms with van der Waals surface area (Å²) in [5, 5.41) is 10.2. The van der Waals surface area contributed by atoms with Crippen LogP contribution < -0.4 is 4.74 Å². The summed E-state index contributed by atoms with van der Waals surface area (Å²) in [4.78, 5) is 4.06. The molecule has 1 heterocycles. The molecule has 0 saturated carbocycles. The highest BCUT2D eigenvalue weighted by atomic mass is 16.5. The van der Waals surface area contributed by atoms with Crippen molar-refractivity contribution in [2.45, 2.75) is 19.4 Å². The predicted octanol–water partition coefficient (Wildman–Crippen LogP) is 2.67. The average Bonchev–Trinajstić information content (AvgIpc) is 2.39. The molecule has 1 atom stereocenters. The van der Waals surface area contributed by atoms with Crippen molar-refractivity contribution in [1.82, 2.24) is 4.98 Å². The molecule has 94 valence electrons. The maximum absolute atomic E-state index is 10.2.